The minimum Gasteiger partial charge on any atom is -0.328 e. The number of rotatable bonds is 6. The monoisotopic (exact) mass is 244 g/mol. The summed E-state index contributed by atoms with van der Waals surface area (Å²) in [7, 11) is -5.55. The van der Waals surface area contributed by atoms with Crippen molar-refractivity contribution in [2.24, 2.45) is 0 Å². The van der Waals surface area contributed by atoms with Gasteiger partial charge in [0.15, 0.2) is 0 Å². The van der Waals surface area contributed by atoms with Crippen molar-refractivity contribution in [2.75, 3.05) is 13.7 Å². The van der Waals surface area contributed by atoms with Crippen LogP contribution in [0.1, 0.15) is 13.8 Å². The second-order valence-corrected chi connectivity index (χ2v) is 5.24. The Morgan fingerprint density at radius 3 is 2.57 bits per heavy atom. The summed E-state index contributed by atoms with van der Waals surface area (Å²) in [6.07, 6.45) is 1.70. The lowest BCUT2D eigenvalue weighted by Gasteiger charge is -2.12. The number of phosphoric ester groups is 1. The van der Waals surface area contributed by atoms with E-state index in [0.29, 0.717) is 0 Å². The topological polar surface area (TPSA) is 85.2 Å². The Kier molecular flexibility index (Phi) is 6.74. The van der Waals surface area contributed by atoms with Crippen LogP contribution in [0.15, 0.2) is 11.6 Å². The van der Waals surface area contributed by atoms with Crippen LogP contribution in [-0.2, 0) is 17.9 Å². The normalized spacial score (nSPS) is 17.2. The highest BCUT2D eigenvalue weighted by atomic mass is 31.3. The van der Waals surface area contributed by atoms with E-state index in [0.717, 1.165) is 12.7 Å². The number of phosphoric acid groups is 1. The largest absolute Gasteiger partial charge is 0.478 e. The van der Waals surface area contributed by atoms with Gasteiger partial charge < -0.3 is 14.3 Å². The second-order valence-electron chi connectivity index (χ2n) is 2.55. The molecular weight excluding hydrogens is 230 g/mol. The van der Waals surface area contributed by atoms with Crippen molar-refractivity contribution in [2.45, 2.75) is 13.8 Å². The van der Waals surface area contributed by atoms with Crippen LogP contribution >= 0.6 is 16.4 Å². The Balaban J connectivity index is 3.82. The summed E-state index contributed by atoms with van der Waals surface area (Å²) in [5, 5.41) is 0. The molecule has 0 bridgehead atoms. The minimum absolute atomic E-state index is 0.119. The molecule has 0 heterocycles. The molecule has 0 aromatic rings. The molecule has 0 amide bonds. The first kappa shape index (κ1) is 14.2. The van der Waals surface area contributed by atoms with Crippen LogP contribution in [0.4, 0.5) is 0 Å². The smallest absolute Gasteiger partial charge is 0.328 e. The Labute approximate surface area is 84.1 Å². The predicted molar refractivity (Wildman–Crippen MR) is 52.4 cm³/mol. The third-order valence-corrected chi connectivity index (χ3v) is 3.30. The van der Waals surface area contributed by atoms with Gasteiger partial charge in [-0.1, -0.05) is 11.6 Å². The molecule has 0 aliphatic rings. The number of hydrogen-bond acceptors (Lipinski definition) is 5. The average molecular weight is 244 g/mol. The molecule has 0 rings (SSSR count). The summed E-state index contributed by atoms with van der Waals surface area (Å²) in [4.78, 5) is 17.8. The number of hydrogen-bond donors (Lipinski definition) is 2. The third kappa shape index (κ3) is 7.59. The van der Waals surface area contributed by atoms with Crippen molar-refractivity contribution in [1.29, 1.82) is 0 Å². The first-order valence-corrected chi connectivity index (χ1v) is 6.33. The van der Waals surface area contributed by atoms with Crippen molar-refractivity contribution < 1.29 is 27.7 Å². The average Bonchev–Trinajstić information content (AvgIpc) is 2.02. The first-order chi connectivity index (χ1) is 6.37. The third-order valence-electron chi connectivity index (χ3n) is 1.08. The summed E-state index contributed by atoms with van der Waals surface area (Å²) < 4.78 is 23.8. The molecule has 84 valence electrons. The Morgan fingerprint density at radius 1 is 1.57 bits per heavy atom. The maximum absolute atomic E-state index is 10.8. The lowest BCUT2D eigenvalue weighted by atomic mass is 10.3. The van der Waals surface area contributed by atoms with Gasteiger partial charge in [-0.15, -0.1) is 0 Å². The van der Waals surface area contributed by atoms with Gasteiger partial charge in [-0.3, -0.25) is 4.52 Å². The lowest BCUT2D eigenvalue weighted by Crippen LogP contribution is -1.91. The van der Waals surface area contributed by atoms with Crippen LogP contribution in [0, 0.1) is 0 Å². The van der Waals surface area contributed by atoms with Gasteiger partial charge in [0.05, 0.1) is 6.61 Å². The summed E-state index contributed by atoms with van der Waals surface area (Å²) >= 11 is 0. The quantitative estimate of drug-likeness (QED) is 0.548. The molecule has 0 radical (unpaired) electrons. The molecule has 0 aromatic heterocycles. The molecule has 8 heteroatoms. The van der Waals surface area contributed by atoms with Gasteiger partial charge in [-0.05, 0) is 13.8 Å². The van der Waals surface area contributed by atoms with E-state index < -0.39 is 16.4 Å². The van der Waals surface area contributed by atoms with Gasteiger partial charge in [0.25, 0.3) is 0 Å². The SMILES string of the molecule is COP(=O)(O)OP(O)OCC=C(C)C. The number of allylic oxidation sites excluding steroid dienone is 1. The van der Waals surface area contributed by atoms with Crippen LogP contribution in [-0.4, -0.2) is 23.5 Å². The minimum atomic E-state index is -4.16. The zero-order valence-corrected chi connectivity index (χ0v) is 10.00. The van der Waals surface area contributed by atoms with Gasteiger partial charge in [0, 0.05) is 7.11 Å². The standard InChI is InChI=1S/C6H14O6P2/c1-6(2)4-5-11-13(7)12-14(8,9)10-3/h4,7H,5H2,1-3H3,(H,8,9). The van der Waals surface area contributed by atoms with Crippen LogP contribution < -0.4 is 0 Å². The molecule has 14 heavy (non-hydrogen) atoms. The molecule has 2 unspecified atom stereocenters. The van der Waals surface area contributed by atoms with Gasteiger partial charge in [0.1, 0.15) is 0 Å². The van der Waals surface area contributed by atoms with Crippen molar-refractivity contribution in [3.05, 3.63) is 11.6 Å². The van der Waals surface area contributed by atoms with Gasteiger partial charge in [-0.2, -0.15) is 0 Å². The molecular formula is C6H14O6P2. The van der Waals surface area contributed by atoms with Crippen LogP contribution in [0.2, 0.25) is 0 Å². The zero-order valence-electron chi connectivity index (χ0n) is 8.21. The lowest BCUT2D eigenvalue weighted by molar-refractivity contribution is 0.212. The Hall–Kier alpha value is 0.200. The van der Waals surface area contributed by atoms with E-state index in [2.05, 4.69) is 8.83 Å². The van der Waals surface area contributed by atoms with Crippen LogP contribution in [0.3, 0.4) is 0 Å². The fourth-order valence-corrected chi connectivity index (χ4v) is 1.78. The molecule has 0 spiro atoms. The summed E-state index contributed by atoms with van der Waals surface area (Å²) in [5.74, 6) is 0. The van der Waals surface area contributed by atoms with E-state index in [-0.39, 0.29) is 6.61 Å². The highest BCUT2D eigenvalue weighted by Gasteiger charge is 2.25. The maximum atomic E-state index is 10.8. The molecule has 0 fully saturated rings. The highest BCUT2D eigenvalue weighted by Crippen LogP contribution is 2.54. The van der Waals surface area contributed by atoms with Crippen molar-refractivity contribution >= 4 is 16.4 Å². The molecule has 0 aliphatic heterocycles. The molecule has 2 N–H and O–H groups in total. The van der Waals surface area contributed by atoms with E-state index in [1.807, 2.05) is 13.8 Å². The van der Waals surface area contributed by atoms with E-state index >= 15 is 0 Å². The summed E-state index contributed by atoms with van der Waals surface area (Å²) in [6, 6.07) is 0. The molecule has 0 aliphatic carbocycles. The predicted octanol–water partition coefficient (Wildman–Crippen LogP) is 1.95. The molecule has 6 nitrogen and oxygen atoms in total. The fraction of sp³-hybridized carbons (Fsp3) is 0.667. The van der Waals surface area contributed by atoms with Crippen molar-refractivity contribution in [1.82, 2.24) is 0 Å². The molecule has 0 saturated carbocycles. The van der Waals surface area contributed by atoms with Gasteiger partial charge in [-0.25, -0.2) is 8.88 Å². The van der Waals surface area contributed by atoms with Gasteiger partial charge in [0.2, 0.25) is 0 Å². The van der Waals surface area contributed by atoms with Crippen LogP contribution in [0.25, 0.3) is 0 Å². The zero-order chi connectivity index (χ0) is 11.2. The summed E-state index contributed by atoms with van der Waals surface area (Å²) in [6.45, 7) is 3.83. The van der Waals surface area contributed by atoms with Crippen molar-refractivity contribution in [3.63, 3.8) is 0 Å². The second kappa shape index (κ2) is 6.64. The summed E-state index contributed by atoms with van der Waals surface area (Å²) in [5.41, 5.74) is 1.01. The highest BCUT2D eigenvalue weighted by molar-refractivity contribution is 7.58. The van der Waals surface area contributed by atoms with E-state index in [9.17, 15) is 4.57 Å². The first-order valence-electron chi connectivity index (χ1n) is 3.71. The molecule has 0 saturated heterocycles. The Bertz CT molecular complexity index is 236. The maximum Gasteiger partial charge on any atom is 0.478 e. The van der Waals surface area contributed by atoms with Crippen LogP contribution in [0.5, 0.6) is 0 Å². The van der Waals surface area contributed by atoms with E-state index in [1.165, 1.54) is 0 Å². The van der Waals surface area contributed by atoms with E-state index in [1.54, 1.807) is 6.08 Å². The fourth-order valence-electron chi connectivity index (χ4n) is 0.413. The Morgan fingerprint density at radius 2 is 2.14 bits per heavy atom. The van der Waals surface area contributed by atoms with Crippen molar-refractivity contribution in [3.8, 4) is 0 Å². The molecule has 2 atom stereocenters. The van der Waals surface area contributed by atoms with Gasteiger partial charge >= 0.3 is 16.4 Å². The van der Waals surface area contributed by atoms with E-state index in [4.69, 9.17) is 14.3 Å². The molecule has 0 aromatic carbocycles.